The summed E-state index contributed by atoms with van der Waals surface area (Å²) in [6.07, 6.45) is 3.65. The standard InChI is InChI=1S/C9H18N2/c1-4-8-11(6-3)9-7-10-5-2/h4-5,10H,1-2,6-9H2,3H3. The van der Waals surface area contributed by atoms with Crippen LogP contribution in [0.4, 0.5) is 0 Å². The van der Waals surface area contributed by atoms with Crippen LogP contribution in [-0.2, 0) is 0 Å². The minimum Gasteiger partial charge on any atom is -0.390 e. The first kappa shape index (κ1) is 10.2. The van der Waals surface area contributed by atoms with E-state index in [1.165, 1.54) is 0 Å². The van der Waals surface area contributed by atoms with Crippen molar-refractivity contribution in [1.29, 1.82) is 0 Å². The van der Waals surface area contributed by atoms with Crippen molar-refractivity contribution in [3.8, 4) is 0 Å². The zero-order valence-corrected chi connectivity index (χ0v) is 7.34. The zero-order chi connectivity index (χ0) is 8.53. The van der Waals surface area contributed by atoms with Crippen molar-refractivity contribution in [3.05, 3.63) is 25.4 Å². The van der Waals surface area contributed by atoms with Gasteiger partial charge in [-0.05, 0) is 12.7 Å². The van der Waals surface area contributed by atoms with Crippen LogP contribution in [0.5, 0.6) is 0 Å². The highest BCUT2D eigenvalue weighted by atomic mass is 15.1. The summed E-state index contributed by atoms with van der Waals surface area (Å²) in [5, 5.41) is 3.06. The molecule has 0 atom stereocenters. The average Bonchev–Trinajstić information content (AvgIpc) is 2.03. The normalized spacial score (nSPS) is 9.64. The van der Waals surface area contributed by atoms with Crippen LogP contribution >= 0.6 is 0 Å². The van der Waals surface area contributed by atoms with E-state index in [1.807, 2.05) is 6.08 Å². The first-order valence-electron chi connectivity index (χ1n) is 4.02. The van der Waals surface area contributed by atoms with Gasteiger partial charge in [-0.15, -0.1) is 6.58 Å². The van der Waals surface area contributed by atoms with Gasteiger partial charge in [0.15, 0.2) is 0 Å². The lowest BCUT2D eigenvalue weighted by atomic mass is 10.4. The predicted octanol–water partition coefficient (Wildman–Crippen LogP) is 1.23. The van der Waals surface area contributed by atoms with E-state index in [4.69, 9.17) is 0 Å². The molecule has 0 saturated heterocycles. The summed E-state index contributed by atoms with van der Waals surface area (Å²) in [6.45, 7) is 13.5. The third kappa shape index (κ3) is 5.67. The van der Waals surface area contributed by atoms with Crippen LogP contribution in [0.3, 0.4) is 0 Å². The molecule has 0 unspecified atom stereocenters. The number of hydrogen-bond donors (Lipinski definition) is 1. The van der Waals surface area contributed by atoms with E-state index in [0.29, 0.717) is 0 Å². The Morgan fingerprint density at radius 2 is 2.18 bits per heavy atom. The minimum absolute atomic E-state index is 0.963. The SMILES string of the molecule is C=CCN(CC)CCNC=C. The lowest BCUT2D eigenvalue weighted by Gasteiger charge is -2.17. The summed E-state index contributed by atoms with van der Waals surface area (Å²) in [6, 6.07) is 0. The van der Waals surface area contributed by atoms with Gasteiger partial charge in [-0.1, -0.05) is 19.6 Å². The Labute approximate surface area is 69.6 Å². The van der Waals surface area contributed by atoms with E-state index in [0.717, 1.165) is 26.2 Å². The smallest absolute Gasteiger partial charge is 0.0269 e. The molecular formula is C9H18N2. The Morgan fingerprint density at radius 1 is 1.45 bits per heavy atom. The molecule has 0 aliphatic rings. The second-order valence-electron chi connectivity index (χ2n) is 2.34. The van der Waals surface area contributed by atoms with E-state index in [1.54, 1.807) is 6.20 Å². The van der Waals surface area contributed by atoms with E-state index in [9.17, 15) is 0 Å². The van der Waals surface area contributed by atoms with Crippen molar-refractivity contribution >= 4 is 0 Å². The summed E-state index contributed by atoms with van der Waals surface area (Å²) < 4.78 is 0. The highest BCUT2D eigenvalue weighted by Gasteiger charge is 1.96. The van der Waals surface area contributed by atoms with Crippen molar-refractivity contribution in [2.24, 2.45) is 0 Å². The van der Waals surface area contributed by atoms with Gasteiger partial charge in [0.2, 0.25) is 0 Å². The molecule has 0 bridgehead atoms. The number of rotatable bonds is 7. The third-order valence-electron chi connectivity index (χ3n) is 1.55. The fourth-order valence-corrected chi connectivity index (χ4v) is 0.886. The molecule has 0 aromatic heterocycles. The van der Waals surface area contributed by atoms with Crippen LogP contribution in [0.25, 0.3) is 0 Å². The molecule has 0 aromatic rings. The molecule has 0 aliphatic carbocycles. The number of nitrogens with one attached hydrogen (secondary N) is 1. The van der Waals surface area contributed by atoms with Crippen LogP contribution < -0.4 is 5.32 Å². The predicted molar refractivity (Wildman–Crippen MR) is 50.5 cm³/mol. The monoisotopic (exact) mass is 154 g/mol. The molecule has 0 spiro atoms. The topological polar surface area (TPSA) is 15.3 Å². The summed E-state index contributed by atoms with van der Waals surface area (Å²) >= 11 is 0. The highest BCUT2D eigenvalue weighted by Crippen LogP contribution is 1.85. The van der Waals surface area contributed by atoms with Gasteiger partial charge in [-0.3, -0.25) is 4.90 Å². The lowest BCUT2D eigenvalue weighted by molar-refractivity contribution is 0.322. The fraction of sp³-hybridized carbons (Fsp3) is 0.556. The summed E-state index contributed by atoms with van der Waals surface area (Å²) in [5.74, 6) is 0. The van der Waals surface area contributed by atoms with Gasteiger partial charge in [0, 0.05) is 19.6 Å². The summed E-state index contributed by atoms with van der Waals surface area (Å²) in [5.41, 5.74) is 0. The molecule has 64 valence electrons. The van der Waals surface area contributed by atoms with Gasteiger partial charge in [0.25, 0.3) is 0 Å². The molecule has 0 fully saturated rings. The lowest BCUT2D eigenvalue weighted by Crippen LogP contribution is -2.30. The second kappa shape index (κ2) is 7.35. The molecule has 0 aliphatic heterocycles. The second-order valence-corrected chi connectivity index (χ2v) is 2.34. The van der Waals surface area contributed by atoms with Crippen molar-refractivity contribution < 1.29 is 0 Å². The molecule has 0 rings (SSSR count). The van der Waals surface area contributed by atoms with Crippen LogP contribution in [0, 0.1) is 0 Å². The molecule has 0 saturated carbocycles. The Kier molecular flexibility index (Phi) is 6.84. The van der Waals surface area contributed by atoms with E-state index in [2.05, 4.69) is 30.3 Å². The quantitative estimate of drug-likeness (QED) is 0.438. The minimum atomic E-state index is 0.963. The number of hydrogen-bond acceptors (Lipinski definition) is 2. The number of likely N-dealkylation sites (N-methyl/N-ethyl adjacent to an activating group) is 1. The fourth-order valence-electron chi connectivity index (χ4n) is 0.886. The van der Waals surface area contributed by atoms with Crippen molar-refractivity contribution in [2.75, 3.05) is 26.2 Å². The Morgan fingerprint density at radius 3 is 2.64 bits per heavy atom. The maximum Gasteiger partial charge on any atom is 0.0269 e. The molecule has 0 radical (unpaired) electrons. The molecule has 11 heavy (non-hydrogen) atoms. The molecular weight excluding hydrogens is 136 g/mol. The molecule has 2 nitrogen and oxygen atoms in total. The molecule has 0 amide bonds. The van der Waals surface area contributed by atoms with Gasteiger partial charge in [0.05, 0.1) is 0 Å². The van der Waals surface area contributed by atoms with Crippen molar-refractivity contribution in [2.45, 2.75) is 6.92 Å². The van der Waals surface area contributed by atoms with Gasteiger partial charge >= 0.3 is 0 Å². The van der Waals surface area contributed by atoms with E-state index < -0.39 is 0 Å². The maximum absolute atomic E-state index is 3.69. The number of nitrogens with zero attached hydrogens (tertiary/aromatic N) is 1. The van der Waals surface area contributed by atoms with Crippen LogP contribution in [0.1, 0.15) is 6.92 Å². The van der Waals surface area contributed by atoms with Gasteiger partial charge in [-0.25, -0.2) is 0 Å². The van der Waals surface area contributed by atoms with Gasteiger partial charge in [0.1, 0.15) is 0 Å². The summed E-state index contributed by atoms with van der Waals surface area (Å²) in [7, 11) is 0. The van der Waals surface area contributed by atoms with Crippen molar-refractivity contribution in [3.63, 3.8) is 0 Å². The van der Waals surface area contributed by atoms with Crippen LogP contribution in [0.2, 0.25) is 0 Å². The van der Waals surface area contributed by atoms with E-state index in [-0.39, 0.29) is 0 Å². The summed E-state index contributed by atoms with van der Waals surface area (Å²) in [4.78, 5) is 2.31. The Hall–Kier alpha value is -0.760. The molecule has 0 heterocycles. The Balaban J connectivity index is 3.34. The third-order valence-corrected chi connectivity index (χ3v) is 1.55. The molecule has 1 N–H and O–H groups in total. The zero-order valence-electron chi connectivity index (χ0n) is 7.34. The molecule has 0 aromatic carbocycles. The van der Waals surface area contributed by atoms with Crippen LogP contribution in [0.15, 0.2) is 25.4 Å². The first-order chi connectivity index (χ1) is 5.35. The first-order valence-corrected chi connectivity index (χ1v) is 4.02. The maximum atomic E-state index is 3.69. The van der Waals surface area contributed by atoms with Gasteiger partial charge < -0.3 is 5.32 Å². The van der Waals surface area contributed by atoms with Crippen molar-refractivity contribution in [1.82, 2.24) is 10.2 Å². The Bertz CT molecular complexity index is 110. The highest BCUT2D eigenvalue weighted by molar-refractivity contribution is 4.73. The average molecular weight is 154 g/mol. The largest absolute Gasteiger partial charge is 0.390 e. The molecule has 2 heteroatoms. The van der Waals surface area contributed by atoms with Gasteiger partial charge in [-0.2, -0.15) is 0 Å². The van der Waals surface area contributed by atoms with E-state index >= 15 is 0 Å². The van der Waals surface area contributed by atoms with Crippen LogP contribution in [-0.4, -0.2) is 31.1 Å².